The molecule has 24 heavy (non-hydrogen) atoms. The van der Waals surface area contributed by atoms with Crippen molar-refractivity contribution in [1.82, 2.24) is 15.1 Å². The Kier molecular flexibility index (Phi) is 6.08. The Morgan fingerprint density at radius 3 is 2.62 bits per heavy atom. The smallest absolute Gasteiger partial charge is 0.317 e. The van der Waals surface area contributed by atoms with Gasteiger partial charge in [-0.05, 0) is 43.1 Å². The van der Waals surface area contributed by atoms with Gasteiger partial charge < -0.3 is 15.1 Å². The molecule has 134 valence electrons. The predicted octanol–water partition coefficient (Wildman–Crippen LogP) is 3.15. The van der Waals surface area contributed by atoms with Crippen molar-refractivity contribution in [3.05, 3.63) is 24.4 Å². The van der Waals surface area contributed by atoms with Gasteiger partial charge in [0.25, 0.3) is 5.91 Å². The van der Waals surface area contributed by atoms with Gasteiger partial charge in [-0.15, -0.1) is 0 Å². The maximum absolute atomic E-state index is 12.2. The second-order valence-corrected chi connectivity index (χ2v) is 7.90. The minimum absolute atomic E-state index is 0.0238. The number of likely N-dealkylation sites (tertiary alicyclic amines) is 1. The van der Waals surface area contributed by atoms with Crippen LogP contribution >= 0.6 is 0 Å². The fourth-order valence-corrected chi connectivity index (χ4v) is 3.27. The highest BCUT2D eigenvalue weighted by molar-refractivity contribution is 5.92. The lowest BCUT2D eigenvalue weighted by Crippen LogP contribution is -2.39. The molecule has 1 atom stereocenters. The molecular weight excluding hydrogens is 302 g/mol. The normalized spacial score (nSPS) is 21.0. The van der Waals surface area contributed by atoms with Crippen molar-refractivity contribution in [2.45, 2.75) is 46.5 Å². The highest BCUT2D eigenvalue weighted by Gasteiger charge is 2.33. The van der Waals surface area contributed by atoms with E-state index in [1.54, 1.807) is 17.1 Å². The number of carbonyl (C=O) groups is 2. The summed E-state index contributed by atoms with van der Waals surface area (Å²) in [5.41, 5.74) is 1.04. The molecule has 2 aliphatic heterocycles. The molecule has 1 saturated heterocycles. The summed E-state index contributed by atoms with van der Waals surface area (Å²) in [6, 6.07) is 0.0639. The summed E-state index contributed by atoms with van der Waals surface area (Å²) in [7, 11) is 0. The lowest BCUT2D eigenvalue weighted by molar-refractivity contribution is -0.123. The summed E-state index contributed by atoms with van der Waals surface area (Å²) in [4.78, 5) is 27.4. The van der Waals surface area contributed by atoms with Crippen LogP contribution < -0.4 is 5.32 Å². The lowest BCUT2D eigenvalue weighted by atomic mass is 9.80. The Morgan fingerprint density at radius 2 is 2.04 bits per heavy atom. The number of nitrogens with one attached hydrogen (secondary N) is 1. The average Bonchev–Trinajstić information content (AvgIpc) is 3.11. The van der Waals surface area contributed by atoms with Crippen LogP contribution in [0.4, 0.5) is 4.79 Å². The van der Waals surface area contributed by atoms with Crippen molar-refractivity contribution in [2.75, 3.05) is 26.2 Å². The zero-order valence-electron chi connectivity index (χ0n) is 15.3. The van der Waals surface area contributed by atoms with E-state index >= 15 is 0 Å². The van der Waals surface area contributed by atoms with Gasteiger partial charge in [0.1, 0.15) is 0 Å². The minimum atomic E-state index is 0.0238. The molecule has 1 fully saturated rings. The Hall–Kier alpha value is -1.78. The molecule has 0 saturated carbocycles. The van der Waals surface area contributed by atoms with Crippen LogP contribution in [0.1, 0.15) is 46.5 Å². The van der Waals surface area contributed by atoms with Crippen molar-refractivity contribution in [3.63, 3.8) is 0 Å². The molecule has 2 heterocycles. The van der Waals surface area contributed by atoms with E-state index in [1.807, 2.05) is 4.90 Å². The summed E-state index contributed by atoms with van der Waals surface area (Å²) in [6.07, 6.45) is 7.26. The number of hydrogen-bond acceptors (Lipinski definition) is 2. The molecule has 0 bridgehead atoms. The van der Waals surface area contributed by atoms with Gasteiger partial charge in [0.15, 0.2) is 0 Å². The second kappa shape index (κ2) is 7.86. The summed E-state index contributed by atoms with van der Waals surface area (Å²) in [6.45, 7) is 13.7. The Balaban J connectivity index is 1.56. The molecule has 0 aliphatic carbocycles. The van der Waals surface area contributed by atoms with Crippen molar-refractivity contribution in [3.8, 4) is 0 Å². The number of urea groups is 1. The van der Waals surface area contributed by atoms with Gasteiger partial charge in [-0.25, -0.2) is 4.79 Å². The van der Waals surface area contributed by atoms with E-state index in [9.17, 15) is 9.59 Å². The molecule has 0 unspecified atom stereocenters. The molecule has 2 aliphatic rings. The molecule has 0 aromatic carbocycles. The highest BCUT2D eigenvalue weighted by Crippen LogP contribution is 2.33. The van der Waals surface area contributed by atoms with Gasteiger partial charge in [-0.1, -0.05) is 27.4 Å². The first-order valence-corrected chi connectivity index (χ1v) is 9.00. The molecule has 3 amide bonds. The van der Waals surface area contributed by atoms with Crippen LogP contribution in [0.5, 0.6) is 0 Å². The van der Waals surface area contributed by atoms with Crippen LogP contribution in [0.2, 0.25) is 0 Å². The van der Waals surface area contributed by atoms with Crippen LogP contribution in [-0.2, 0) is 4.79 Å². The Morgan fingerprint density at radius 1 is 1.29 bits per heavy atom. The second-order valence-electron chi connectivity index (χ2n) is 7.90. The third-order valence-corrected chi connectivity index (χ3v) is 5.07. The van der Waals surface area contributed by atoms with Crippen LogP contribution in [0.3, 0.4) is 0 Å². The quantitative estimate of drug-likeness (QED) is 0.759. The molecular formula is C19H31N3O2. The predicted molar refractivity (Wildman–Crippen MR) is 96.4 cm³/mol. The van der Waals surface area contributed by atoms with Gasteiger partial charge in [-0.2, -0.15) is 0 Å². The number of allylic oxidation sites excluding steroid dienone is 1. The maximum atomic E-state index is 12.2. The first kappa shape index (κ1) is 18.6. The maximum Gasteiger partial charge on any atom is 0.317 e. The number of rotatable bonds is 6. The van der Waals surface area contributed by atoms with Gasteiger partial charge in [-0.3, -0.25) is 4.79 Å². The van der Waals surface area contributed by atoms with Gasteiger partial charge in [0.2, 0.25) is 0 Å². The zero-order chi connectivity index (χ0) is 17.7. The standard InChI is InChI=1S/C19H31N3O2/c1-15-8-9-17(23)22(15)12-7-5-6-11-20-18(24)21-13-10-16(14-21)19(2,3)4/h8-9,16H,1,5-7,10-14H2,2-4H3,(H,20,24)/t16-/m0/s1. The van der Waals surface area contributed by atoms with Crippen LogP contribution in [0.25, 0.3) is 0 Å². The van der Waals surface area contributed by atoms with Crippen molar-refractivity contribution in [1.29, 1.82) is 0 Å². The number of carbonyl (C=O) groups excluding carboxylic acids is 2. The van der Waals surface area contributed by atoms with Crippen molar-refractivity contribution in [2.24, 2.45) is 11.3 Å². The summed E-state index contributed by atoms with van der Waals surface area (Å²) >= 11 is 0. The molecule has 0 spiro atoms. The van der Waals surface area contributed by atoms with Crippen LogP contribution in [-0.4, -0.2) is 47.9 Å². The van der Waals surface area contributed by atoms with Gasteiger partial charge in [0.05, 0.1) is 0 Å². The molecule has 1 N–H and O–H groups in total. The largest absolute Gasteiger partial charge is 0.338 e. The average molecular weight is 333 g/mol. The van der Waals surface area contributed by atoms with E-state index in [4.69, 9.17) is 0 Å². The van der Waals surface area contributed by atoms with E-state index in [0.717, 1.165) is 44.5 Å². The number of amides is 3. The molecule has 0 aromatic heterocycles. The van der Waals surface area contributed by atoms with Crippen molar-refractivity contribution < 1.29 is 9.59 Å². The Labute approximate surface area is 145 Å². The first-order chi connectivity index (χ1) is 11.3. The Bertz CT molecular complexity index is 501. The van der Waals surface area contributed by atoms with E-state index in [1.165, 1.54) is 0 Å². The monoisotopic (exact) mass is 333 g/mol. The summed E-state index contributed by atoms with van der Waals surface area (Å²) in [5.74, 6) is 0.610. The number of hydrogen-bond donors (Lipinski definition) is 1. The number of nitrogens with zero attached hydrogens (tertiary/aromatic N) is 2. The highest BCUT2D eigenvalue weighted by atomic mass is 16.2. The third kappa shape index (κ3) is 4.86. The van der Waals surface area contributed by atoms with E-state index < -0.39 is 0 Å². The number of unbranched alkanes of at least 4 members (excludes halogenated alkanes) is 2. The van der Waals surface area contributed by atoms with Gasteiger partial charge >= 0.3 is 6.03 Å². The van der Waals surface area contributed by atoms with E-state index in [0.29, 0.717) is 19.0 Å². The summed E-state index contributed by atoms with van der Waals surface area (Å²) in [5, 5.41) is 3.02. The minimum Gasteiger partial charge on any atom is -0.338 e. The SMILES string of the molecule is C=C1C=CC(=O)N1CCCCCNC(=O)N1CC[C@H](C(C)(C)C)C1. The third-order valence-electron chi connectivity index (χ3n) is 5.07. The zero-order valence-corrected chi connectivity index (χ0v) is 15.3. The van der Waals surface area contributed by atoms with Gasteiger partial charge in [0, 0.05) is 38.0 Å². The van der Waals surface area contributed by atoms with Crippen LogP contribution in [0, 0.1) is 11.3 Å². The summed E-state index contributed by atoms with van der Waals surface area (Å²) < 4.78 is 0. The van der Waals surface area contributed by atoms with Crippen molar-refractivity contribution >= 4 is 11.9 Å². The van der Waals surface area contributed by atoms with Crippen LogP contribution in [0.15, 0.2) is 24.4 Å². The van der Waals surface area contributed by atoms with E-state index in [-0.39, 0.29) is 17.4 Å². The van der Waals surface area contributed by atoms with E-state index in [2.05, 4.69) is 32.7 Å². The first-order valence-electron chi connectivity index (χ1n) is 9.00. The molecule has 0 radical (unpaired) electrons. The fraction of sp³-hybridized carbons (Fsp3) is 0.684. The molecule has 5 nitrogen and oxygen atoms in total. The molecule has 0 aromatic rings. The molecule has 5 heteroatoms. The lowest BCUT2D eigenvalue weighted by Gasteiger charge is -2.27. The fourth-order valence-electron chi connectivity index (χ4n) is 3.27. The molecule has 2 rings (SSSR count). The topological polar surface area (TPSA) is 52.7 Å².